The molecule has 0 aliphatic carbocycles. The molecule has 2 heterocycles. The van der Waals surface area contributed by atoms with Crippen molar-refractivity contribution in [1.29, 1.82) is 0 Å². The normalized spacial score (nSPS) is 43.2. The first-order valence-corrected chi connectivity index (χ1v) is 5.97. The van der Waals surface area contributed by atoms with Crippen LogP contribution in [0.1, 0.15) is 13.8 Å². The third-order valence-corrected chi connectivity index (χ3v) is 3.07. The van der Waals surface area contributed by atoms with Crippen molar-refractivity contribution in [3.8, 4) is 0 Å². The van der Waals surface area contributed by atoms with Crippen molar-refractivity contribution in [2.24, 2.45) is 0 Å². The zero-order chi connectivity index (χ0) is 13.4. The molecule has 2 rings (SSSR count). The van der Waals surface area contributed by atoms with E-state index in [9.17, 15) is 10.2 Å². The van der Waals surface area contributed by atoms with E-state index in [4.69, 9.17) is 18.9 Å². The van der Waals surface area contributed by atoms with Gasteiger partial charge in [-0.3, -0.25) is 0 Å². The van der Waals surface area contributed by atoms with Gasteiger partial charge < -0.3 is 29.2 Å². The fraction of sp³-hybridized carbons (Fsp3) is 0.833. The molecule has 6 nitrogen and oxygen atoms in total. The molecule has 0 amide bonds. The Bertz CT molecular complexity index is 318. The second-order valence-electron chi connectivity index (χ2n) is 5.01. The Labute approximate surface area is 106 Å². The summed E-state index contributed by atoms with van der Waals surface area (Å²) in [5.41, 5.74) is 0. The Balaban J connectivity index is 2.18. The third-order valence-electron chi connectivity index (χ3n) is 3.07. The minimum absolute atomic E-state index is 0.0193. The Kier molecular flexibility index (Phi) is 3.77. The highest BCUT2D eigenvalue weighted by Crippen LogP contribution is 2.39. The van der Waals surface area contributed by atoms with Crippen molar-refractivity contribution >= 4 is 0 Å². The molecule has 2 fully saturated rings. The maximum Gasteiger partial charge on any atom is 0.224 e. The summed E-state index contributed by atoms with van der Waals surface area (Å²) in [4.78, 5) is 0. The zero-order valence-corrected chi connectivity index (χ0v) is 10.7. The average Bonchev–Trinajstić information content (AvgIpc) is 2.61. The number of aliphatic hydroxyl groups excluding tert-OH is 2. The van der Waals surface area contributed by atoms with Crippen LogP contribution >= 0.6 is 0 Å². The van der Waals surface area contributed by atoms with Crippen molar-refractivity contribution < 1.29 is 29.2 Å². The predicted molar refractivity (Wildman–Crippen MR) is 61.7 cm³/mol. The van der Waals surface area contributed by atoms with Crippen molar-refractivity contribution in [2.45, 2.75) is 43.7 Å². The second-order valence-corrected chi connectivity index (χ2v) is 5.01. The van der Waals surface area contributed by atoms with Crippen LogP contribution in [0, 0.1) is 0 Å². The molecule has 0 aromatic carbocycles. The Morgan fingerprint density at radius 3 is 2.67 bits per heavy atom. The van der Waals surface area contributed by atoms with Gasteiger partial charge in [-0.2, -0.15) is 0 Å². The molecular weight excluding hydrogens is 240 g/mol. The van der Waals surface area contributed by atoms with Gasteiger partial charge in [0.2, 0.25) is 5.79 Å². The lowest BCUT2D eigenvalue weighted by Crippen LogP contribution is -2.63. The van der Waals surface area contributed by atoms with Gasteiger partial charge in [-0.1, -0.05) is 6.08 Å². The quantitative estimate of drug-likeness (QED) is 0.684. The van der Waals surface area contributed by atoms with Crippen LogP contribution in [-0.4, -0.2) is 59.9 Å². The molecule has 0 aromatic rings. The Hall–Kier alpha value is -0.500. The van der Waals surface area contributed by atoms with Crippen LogP contribution in [0.3, 0.4) is 0 Å². The summed E-state index contributed by atoms with van der Waals surface area (Å²) in [5.74, 6) is -1.98. The first kappa shape index (κ1) is 13.9. The number of aliphatic hydroxyl groups is 2. The van der Waals surface area contributed by atoms with Gasteiger partial charge in [0.1, 0.15) is 24.9 Å². The minimum Gasteiger partial charge on any atom is -0.388 e. The summed E-state index contributed by atoms with van der Waals surface area (Å²) >= 11 is 0. The van der Waals surface area contributed by atoms with Crippen molar-refractivity contribution in [3.63, 3.8) is 0 Å². The van der Waals surface area contributed by atoms with Crippen LogP contribution in [0.2, 0.25) is 0 Å². The van der Waals surface area contributed by atoms with Gasteiger partial charge in [0.05, 0.1) is 13.2 Å². The first-order chi connectivity index (χ1) is 8.40. The molecule has 2 saturated heterocycles. The van der Waals surface area contributed by atoms with Gasteiger partial charge in [0.15, 0.2) is 5.79 Å². The number of ether oxygens (including phenoxy) is 4. The summed E-state index contributed by atoms with van der Waals surface area (Å²) in [7, 11) is 0. The van der Waals surface area contributed by atoms with Gasteiger partial charge in [0.25, 0.3) is 0 Å². The topological polar surface area (TPSA) is 77.4 Å². The Morgan fingerprint density at radius 2 is 2.11 bits per heavy atom. The van der Waals surface area contributed by atoms with Gasteiger partial charge in [-0.15, -0.1) is 6.58 Å². The molecule has 104 valence electrons. The van der Waals surface area contributed by atoms with Gasteiger partial charge in [-0.25, -0.2) is 0 Å². The lowest BCUT2D eigenvalue weighted by Gasteiger charge is -2.43. The third kappa shape index (κ3) is 2.45. The fourth-order valence-electron chi connectivity index (χ4n) is 2.23. The van der Waals surface area contributed by atoms with Crippen molar-refractivity contribution in [1.82, 2.24) is 0 Å². The summed E-state index contributed by atoms with van der Waals surface area (Å²) in [6.07, 6.45) is -1.35. The first-order valence-electron chi connectivity index (χ1n) is 5.97. The molecule has 18 heavy (non-hydrogen) atoms. The molecule has 0 saturated carbocycles. The molecule has 0 aromatic heterocycles. The zero-order valence-electron chi connectivity index (χ0n) is 10.7. The van der Waals surface area contributed by atoms with Gasteiger partial charge >= 0.3 is 0 Å². The van der Waals surface area contributed by atoms with E-state index in [-0.39, 0.29) is 19.8 Å². The molecule has 2 aliphatic heterocycles. The molecule has 6 heteroatoms. The summed E-state index contributed by atoms with van der Waals surface area (Å²) in [5, 5.41) is 19.7. The summed E-state index contributed by atoms with van der Waals surface area (Å²) in [6, 6.07) is 0. The van der Waals surface area contributed by atoms with E-state index in [2.05, 4.69) is 6.58 Å². The molecule has 0 unspecified atom stereocenters. The van der Waals surface area contributed by atoms with Crippen molar-refractivity contribution in [3.05, 3.63) is 12.7 Å². The standard InChI is InChI=1S/C12H20O6/c1-4-5-15-10-9(14)8(13)6-16-12(10)7-17-11(2,3)18-12/h4,8-10,13-14H,1,5-7H2,2-3H3/t8-,9-,10+,12+/m1/s1. The van der Waals surface area contributed by atoms with E-state index >= 15 is 0 Å². The highest BCUT2D eigenvalue weighted by atomic mass is 16.8. The van der Waals surface area contributed by atoms with Crippen LogP contribution < -0.4 is 0 Å². The molecule has 0 radical (unpaired) electrons. The fourth-order valence-corrected chi connectivity index (χ4v) is 2.23. The van der Waals surface area contributed by atoms with Crippen LogP contribution in [0.25, 0.3) is 0 Å². The largest absolute Gasteiger partial charge is 0.388 e. The van der Waals surface area contributed by atoms with Crippen molar-refractivity contribution in [2.75, 3.05) is 19.8 Å². The SMILES string of the molecule is C=CCO[C@H]1[C@H](O)[C@H](O)CO[C@]12COC(C)(C)O2. The van der Waals surface area contributed by atoms with E-state index in [1.165, 1.54) is 0 Å². The predicted octanol–water partition coefficient (Wildman–Crippen LogP) is -0.211. The van der Waals surface area contributed by atoms with E-state index in [1.54, 1.807) is 19.9 Å². The second kappa shape index (κ2) is 4.88. The maximum atomic E-state index is 10.0. The molecule has 2 N–H and O–H groups in total. The maximum absolute atomic E-state index is 10.0. The molecule has 2 aliphatic rings. The monoisotopic (exact) mass is 260 g/mol. The smallest absolute Gasteiger partial charge is 0.224 e. The molecular formula is C12H20O6. The lowest BCUT2D eigenvalue weighted by molar-refractivity contribution is -0.344. The summed E-state index contributed by atoms with van der Waals surface area (Å²) < 4.78 is 22.2. The van der Waals surface area contributed by atoms with Gasteiger partial charge in [0, 0.05) is 0 Å². The average molecular weight is 260 g/mol. The van der Waals surface area contributed by atoms with Crippen LogP contribution in [0.5, 0.6) is 0 Å². The van der Waals surface area contributed by atoms with Crippen LogP contribution in [0.15, 0.2) is 12.7 Å². The highest BCUT2D eigenvalue weighted by Gasteiger charge is 2.58. The number of rotatable bonds is 3. The highest BCUT2D eigenvalue weighted by molar-refractivity contribution is 4.98. The van der Waals surface area contributed by atoms with Crippen LogP contribution in [-0.2, 0) is 18.9 Å². The minimum atomic E-state index is -1.18. The molecule has 0 bridgehead atoms. The summed E-state index contributed by atoms with van der Waals surface area (Å²) in [6.45, 7) is 7.42. The molecule has 4 atom stereocenters. The van der Waals surface area contributed by atoms with Crippen LogP contribution in [0.4, 0.5) is 0 Å². The number of hydrogen-bond acceptors (Lipinski definition) is 6. The number of hydrogen-bond donors (Lipinski definition) is 2. The van der Waals surface area contributed by atoms with E-state index < -0.39 is 29.9 Å². The lowest BCUT2D eigenvalue weighted by atomic mass is 9.97. The van der Waals surface area contributed by atoms with E-state index in [0.717, 1.165) is 0 Å². The van der Waals surface area contributed by atoms with Gasteiger partial charge in [-0.05, 0) is 13.8 Å². The van der Waals surface area contributed by atoms with E-state index in [1.807, 2.05) is 0 Å². The van der Waals surface area contributed by atoms with E-state index in [0.29, 0.717) is 0 Å². The Morgan fingerprint density at radius 1 is 1.39 bits per heavy atom. The molecule has 1 spiro atoms.